The number of alkyl halides is 3. The molecule has 6 heteroatoms. The summed E-state index contributed by atoms with van der Waals surface area (Å²) in [7, 11) is 1.38. The maximum atomic E-state index is 12.2. The lowest BCUT2D eigenvalue weighted by Gasteiger charge is -1.98. The second kappa shape index (κ2) is 3.88. The van der Waals surface area contributed by atoms with E-state index in [4.69, 9.17) is 0 Å². The van der Waals surface area contributed by atoms with E-state index in [9.17, 15) is 18.0 Å². The quantitative estimate of drug-likeness (QED) is 0.712. The lowest BCUT2D eigenvalue weighted by atomic mass is 10.3. The Balaban J connectivity index is 3.02. The summed E-state index contributed by atoms with van der Waals surface area (Å²) in [4.78, 5) is 10.6. The van der Waals surface area contributed by atoms with Crippen LogP contribution < -0.4 is 0 Å². The van der Waals surface area contributed by atoms with Crippen molar-refractivity contribution in [1.82, 2.24) is 9.78 Å². The Morgan fingerprint density at radius 1 is 1.53 bits per heavy atom. The molecule has 1 aromatic rings. The summed E-state index contributed by atoms with van der Waals surface area (Å²) in [6, 6.07) is 0.888. The number of aromatic nitrogens is 2. The number of ketones is 1. The van der Waals surface area contributed by atoms with Crippen molar-refractivity contribution in [2.24, 2.45) is 7.05 Å². The van der Waals surface area contributed by atoms with Gasteiger partial charge in [0.25, 0.3) is 0 Å². The van der Waals surface area contributed by atoms with Gasteiger partial charge in [-0.05, 0) is 25.1 Å². The first-order valence-electron chi connectivity index (χ1n) is 4.10. The maximum absolute atomic E-state index is 12.2. The smallest absolute Gasteiger partial charge is 0.295 e. The van der Waals surface area contributed by atoms with E-state index in [1.54, 1.807) is 0 Å². The molecule has 0 aliphatic carbocycles. The molecule has 0 spiro atoms. The first kappa shape index (κ1) is 11.5. The van der Waals surface area contributed by atoms with Crippen LogP contribution in [0.25, 0.3) is 6.08 Å². The van der Waals surface area contributed by atoms with Crippen LogP contribution in [0.3, 0.4) is 0 Å². The molecule has 0 bridgehead atoms. The van der Waals surface area contributed by atoms with E-state index in [0.717, 1.165) is 10.7 Å². The molecule has 0 fully saturated rings. The molecule has 0 N–H and O–H groups in total. The van der Waals surface area contributed by atoms with Gasteiger partial charge in [-0.2, -0.15) is 18.3 Å². The third kappa shape index (κ3) is 2.93. The molecule has 0 radical (unpaired) electrons. The van der Waals surface area contributed by atoms with Gasteiger partial charge in [0.2, 0.25) is 0 Å². The molecule has 0 aromatic carbocycles. The fourth-order valence-electron chi connectivity index (χ4n) is 0.979. The number of carbonyl (C=O) groups is 1. The summed E-state index contributed by atoms with van der Waals surface area (Å²) < 4.78 is 37.7. The number of allylic oxidation sites excluding steroid dienone is 1. The Kier molecular flexibility index (Phi) is 2.97. The molecule has 0 atom stereocenters. The van der Waals surface area contributed by atoms with E-state index in [-0.39, 0.29) is 11.5 Å². The normalized spacial score (nSPS) is 12.3. The van der Waals surface area contributed by atoms with Crippen molar-refractivity contribution in [2.45, 2.75) is 13.1 Å². The SMILES string of the molecule is CC(=O)/C=C/c1cc(C(F)(F)F)nn1C. The van der Waals surface area contributed by atoms with Gasteiger partial charge >= 0.3 is 6.18 Å². The Labute approximate surface area is 84.2 Å². The summed E-state index contributed by atoms with van der Waals surface area (Å²) in [6.45, 7) is 1.32. The predicted octanol–water partition coefficient (Wildman–Crippen LogP) is 2.04. The number of halogens is 3. The molecule has 0 aliphatic rings. The number of hydrogen-bond donors (Lipinski definition) is 0. The van der Waals surface area contributed by atoms with Gasteiger partial charge in [-0.1, -0.05) is 0 Å². The van der Waals surface area contributed by atoms with Crippen molar-refractivity contribution in [3.05, 3.63) is 23.5 Å². The highest BCUT2D eigenvalue weighted by Crippen LogP contribution is 2.28. The molecule has 0 aliphatic heterocycles. The van der Waals surface area contributed by atoms with E-state index in [1.807, 2.05) is 0 Å². The summed E-state index contributed by atoms with van der Waals surface area (Å²) in [6.07, 6.45) is -1.97. The number of carbonyl (C=O) groups excluding carboxylic acids is 1. The Hall–Kier alpha value is -1.59. The maximum Gasteiger partial charge on any atom is 0.435 e. The highest BCUT2D eigenvalue weighted by Gasteiger charge is 2.34. The van der Waals surface area contributed by atoms with Crippen molar-refractivity contribution in [3.63, 3.8) is 0 Å². The van der Waals surface area contributed by atoms with E-state index < -0.39 is 11.9 Å². The van der Waals surface area contributed by atoms with Crippen LogP contribution in [0.4, 0.5) is 13.2 Å². The summed E-state index contributed by atoms with van der Waals surface area (Å²) in [5, 5.41) is 3.29. The van der Waals surface area contributed by atoms with Gasteiger partial charge in [-0.3, -0.25) is 9.48 Å². The van der Waals surface area contributed by atoms with Crippen molar-refractivity contribution < 1.29 is 18.0 Å². The highest BCUT2D eigenvalue weighted by molar-refractivity contribution is 5.91. The number of aryl methyl sites for hydroxylation is 1. The van der Waals surface area contributed by atoms with Crippen LogP contribution in [-0.2, 0) is 18.0 Å². The van der Waals surface area contributed by atoms with Crippen molar-refractivity contribution >= 4 is 11.9 Å². The van der Waals surface area contributed by atoms with Crippen LogP contribution in [0, 0.1) is 0 Å². The lowest BCUT2D eigenvalue weighted by Crippen LogP contribution is -2.06. The average Bonchev–Trinajstić information content (AvgIpc) is 2.42. The monoisotopic (exact) mass is 218 g/mol. The second-order valence-electron chi connectivity index (χ2n) is 3.02. The van der Waals surface area contributed by atoms with Crippen molar-refractivity contribution in [3.8, 4) is 0 Å². The molecule has 3 nitrogen and oxygen atoms in total. The zero-order valence-corrected chi connectivity index (χ0v) is 8.17. The third-order valence-electron chi connectivity index (χ3n) is 1.70. The first-order valence-corrected chi connectivity index (χ1v) is 4.10. The van der Waals surface area contributed by atoms with Gasteiger partial charge in [0.15, 0.2) is 11.5 Å². The second-order valence-corrected chi connectivity index (χ2v) is 3.02. The van der Waals surface area contributed by atoms with E-state index in [2.05, 4.69) is 5.10 Å². The zero-order valence-electron chi connectivity index (χ0n) is 8.17. The fraction of sp³-hybridized carbons (Fsp3) is 0.333. The molecule has 0 amide bonds. The van der Waals surface area contributed by atoms with Crippen LogP contribution in [0.2, 0.25) is 0 Å². The van der Waals surface area contributed by atoms with E-state index in [1.165, 1.54) is 26.1 Å². The molecule has 15 heavy (non-hydrogen) atoms. The van der Waals surface area contributed by atoms with Gasteiger partial charge in [0.05, 0.1) is 5.69 Å². The average molecular weight is 218 g/mol. The van der Waals surface area contributed by atoms with Gasteiger partial charge in [-0.25, -0.2) is 0 Å². The van der Waals surface area contributed by atoms with Crippen LogP contribution in [0.15, 0.2) is 12.1 Å². The van der Waals surface area contributed by atoms with Crippen LogP contribution in [-0.4, -0.2) is 15.6 Å². The zero-order chi connectivity index (χ0) is 11.6. The fourth-order valence-corrected chi connectivity index (χ4v) is 0.979. The van der Waals surface area contributed by atoms with Crippen LogP contribution in [0.1, 0.15) is 18.3 Å². The lowest BCUT2D eigenvalue weighted by molar-refractivity contribution is -0.141. The van der Waals surface area contributed by atoms with Crippen molar-refractivity contribution in [1.29, 1.82) is 0 Å². The van der Waals surface area contributed by atoms with Gasteiger partial charge in [0, 0.05) is 7.05 Å². The molecule has 0 saturated carbocycles. The largest absolute Gasteiger partial charge is 0.435 e. The minimum Gasteiger partial charge on any atom is -0.295 e. The standard InChI is InChI=1S/C9H9F3N2O/c1-6(15)3-4-7-5-8(9(10,11)12)13-14(7)2/h3-5H,1-2H3/b4-3+. The van der Waals surface area contributed by atoms with Gasteiger partial charge in [0.1, 0.15) is 0 Å². The van der Waals surface area contributed by atoms with Crippen molar-refractivity contribution in [2.75, 3.05) is 0 Å². The van der Waals surface area contributed by atoms with E-state index >= 15 is 0 Å². The number of nitrogens with zero attached hydrogens (tertiary/aromatic N) is 2. The summed E-state index contributed by atoms with van der Waals surface area (Å²) >= 11 is 0. The summed E-state index contributed by atoms with van der Waals surface area (Å²) in [5.41, 5.74) is -0.731. The predicted molar refractivity (Wildman–Crippen MR) is 47.9 cm³/mol. The molecular formula is C9H9F3N2O. The molecule has 82 valence electrons. The topological polar surface area (TPSA) is 34.9 Å². The minimum atomic E-state index is -4.46. The molecule has 1 heterocycles. The molecular weight excluding hydrogens is 209 g/mol. The van der Waals surface area contributed by atoms with Crippen LogP contribution in [0.5, 0.6) is 0 Å². The molecule has 0 saturated heterocycles. The minimum absolute atomic E-state index is 0.232. The molecule has 0 unspecified atom stereocenters. The van der Waals surface area contributed by atoms with Crippen LogP contribution >= 0.6 is 0 Å². The number of rotatable bonds is 2. The first-order chi connectivity index (χ1) is 6.80. The van der Waals surface area contributed by atoms with E-state index in [0.29, 0.717) is 0 Å². The van der Waals surface area contributed by atoms with Gasteiger partial charge < -0.3 is 0 Å². The third-order valence-corrected chi connectivity index (χ3v) is 1.70. The molecule has 1 rings (SSSR count). The Morgan fingerprint density at radius 2 is 2.13 bits per heavy atom. The number of hydrogen-bond acceptors (Lipinski definition) is 2. The Morgan fingerprint density at radius 3 is 2.53 bits per heavy atom. The van der Waals surface area contributed by atoms with Gasteiger partial charge in [-0.15, -0.1) is 0 Å². The highest BCUT2D eigenvalue weighted by atomic mass is 19.4. The summed E-state index contributed by atoms with van der Waals surface area (Å²) in [5.74, 6) is -0.232. The molecule has 1 aromatic heterocycles. The Bertz CT molecular complexity index is 404.